The van der Waals surface area contributed by atoms with E-state index in [4.69, 9.17) is 11.7 Å². The van der Waals surface area contributed by atoms with Crippen LogP contribution in [0.25, 0.3) is 0 Å². The van der Waals surface area contributed by atoms with E-state index in [-0.39, 0.29) is 0 Å². The van der Waals surface area contributed by atoms with Crippen LogP contribution in [0.15, 0.2) is 12.2 Å². The lowest BCUT2D eigenvalue weighted by Gasteiger charge is -1.99. The maximum absolute atomic E-state index is 4.86. The fourth-order valence-corrected chi connectivity index (χ4v) is 3.27. The third-order valence-electron chi connectivity index (χ3n) is 3.59. The van der Waals surface area contributed by atoms with Crippen LogP contribution in [-0.4, -0.2) is 11.9 Å². The molecular formula is C17H34PS2. The molecule has 0 heterocycles. The van der Waals surface area contributed by atoms with Gasteiger partial charge in [-0.1, -0.05) is 67.9 Å². The standard InChI is InChI=1S/C17H34PS2/c18-16-14-12-10-8-6-4-2-1-3-5-7-9-11-13-15-17-20-19/h1,3H,2,4-18H2/b3-1-. The van der Waals surface area contributed by atoms with Gasteiger partial charge in [-0.15, -0.1) is 9.24 Å². The highest BCUT2D eigenvalue weighted by atomic mass is 33.1. The molecule has 1 unspecified atom stereocenters. The minimum atomic E-state index is 1.16. The largest absolute Gasteiger partial charge is 0.138 e. The molecule has 0 aliphatic heterocycles. The molecule has 0 nitrogen and oxygen atoms in total. The van der Waals surface area contributed by atoms with E-state index in [0.29, 0.717) is 0 Å². The molecule has 1 atom stereocenters. The Balaban J connectivity index is 3.01. The summed E-state index contributed by atoms with van der Waals surface area (Å²) in [6.07, 6.45) is 23.9. The lowest BCUT2D eigenvalue weighted by molar-refractivity contribution is 0.612. The monoisotopic (exact) mass is 333 g/mol. The zero-order chi connectivity index (χ0) is 14.7. The van der Waals surface area contributed by atoms with E-state index < -0.39 is 0 Å². The Morgan fingerprint density at radius 3 is 1.60 bits per heavy atom. The van der Waals surface area contributed by atoms with Crippen LogP contribution in [0.4, 0.5) is 0 Å². The van der Waals surface area contributed by atoms with Crippen molar-refractivity contribution in [2.45, 2.75) is 83.5 Å². The second-order valence-electron chi connectivity index (χ2n) is 5.55. The number of rotatable bonds is 16. The van der Waals surface area contributed by atoms with E-state index in [0.717, 1.165) is 5.75 Å². The van der Waals surface area contributed by atoms with E-state index >= 15 is 0 Å². The van der Waals surface area contributed by atoms with Gasteiger partial charge in [-0.3, -0.25) is 0 Å². The first-order chi connectivity index (χ1) is 9.91. The van der Waals surface area contributed by atoms with Gasteiger partial charge < -0.3 is 0 Å². The molecule has 0 aliphatic carbocycles. The van der Waals surface area contributed by atoms with Crippen molar-refractivity contribution in [3.63, 3.8) is 0 Å². The van der Waals surface area contributed by atoms with Gasteiger partial charge in [0.1, 0.15) is 0 Å². The van der Waals surface area contributed by atoms with Crippen molar-refractivity contribution in [1.82, 2.24) is 0 Å². The van der Waals surface area contributed by atoms with Crippen molar-refractivity contribution in [3.8, 4) is 0 Å². The average molecular weight is 334 g/mol. The van der Waals surface area contributed by atoms with Crippen molar-refractivity contribution >= 4 is 31.7 Å². The molecule has 1 radical (unpaired) electrons. The number of unbranched alkanes of at least 4 members (excludes halogenated alkanes) is 11. The Bertz CT molecular complexity index is 175. The average Bonchev–Trinajstić information content (AvgIpc) is 2.47. The first kappa shape index (κ1) is 20.9. The maximum atomic E-state index is 4.86. The highest BCUT2D eigenvalue weighted by molar-refractivity contribution is 8.68. The minimum Gasteiger partial charge on any atom is -0.138 e. The highest BCUT2D eigenvalue weighted by Crippen LogP contribution is 2.12. The van der Waals surface area contributed by atoms with Gasteiger partial charge in [-0.2, -0.15) is 0 Å². The van der Waals surface area contributed by atoms with E-state index in [1.165, 1.54) is 89.6 Å². The van der Waals surface area contributed by atoms with Crippen LogP contribution >= 0.6 is 31.7 Å². The number of hydrogen-bond acceptors (Lipinski definition) is 1. The van der Waals surface area contributed by atoms with Crippen molar-refractivity contribution < 1.29 is 0 Å². The lowest BCUT2D eigenvalue weighted by Crippen LogP contribution is -1.81. The minimum absolute atomic E-state index is 1.16. The van der Waals surface area contributed by atoms with Gasteiger partial charge in [-0.05, 0) is 56.3 Å². The van der Waals surface area contributed by atoms with Crippen molar-refractivity contribution in [1.29, 1.82) is 0 Å². The molecule has 0 aromatic rings. The summed E-state index contributed by atoms with van der Waals surface area (Å²) in [4.78, 5) is 0. The molecule has 0 saturated heterocycles. The normalized spacial score (nSPS) is 11.5. The summed E-state index contributed by atoms with van der Waals surface area (Å²) in [6.45, 7) is 0. The fourth-order valence-electron chi connectivity index (χ4n) is 2.30. The van der Waals surface area contributed by atoms with E-state index in [1.807, 2.05) is 0 Å². The van der Waals surface area contributed by atoms with Crippen LogP contribution in [0.5, 0.6) is 0 Å². The molecule has 0 aromatic carbocycles. The van der Waals surface area contributed by atoms with Crippen LogP contribution in [-0.2, 0) is 0 Å². The molecule has 0 rings (SSSR count). The molecule has 0 amide bonds. The van der Waals surface area contributed by atoms with Gasteiger partial charge in [0.15, 0.2) is 0 Å². The summed E-state index contributed by atoms with van der Waals surface area (Å²) in [5.74, 6) is 1.16. The smallest absolute Gasteiger partial charge is 0.00454 e. The predicted molar refractivity (Wildman–Crippen MR) is 104 cm³/mol. The zero-order valence-corrected chi connectivity index (χ0v) is 15.9. The Morgan fingerprint density at radius 2 is 1.10 bits per heavy atom. The quantitative estimate of drug-likeness (QED) is 0.123. The molecule has 20 heavy (non-hydrogen) atoms. The number of hydrogen-bond donors (Lipinski definition) is 0. The molecule has 0 saturated carbocycles. The summed E-state index contributed by atoms with van der Waals surface area (Å²) in [5.41, 5.74) is 0. The molecule has 119 valence electrons. The SMILES string of the molecule is PCCCCCCCC/C=C\CCCCCCCS[S]. The predicted octanol–water partition coefficient (Wildman–Crippen LogP) is 7.33. The summed E-state index contributed by atoms with van der Waals surface area (Å²) in [6, 6.07) is 0. The molecule has 0 spiro atoms. The molecule has 0 N–H and O–H groups in total. The molecule has 0 bridgehead atoms. The molecule has 0 aliphatic rings. The number of allylic oxidation sites excluding steroid dienone is 2. The summed E-state index contributed by atoms with van der Waals surface area (Å²) >= 11 is 4.86. The first-order valence-corrected chi connectivity index (χ1v) is 11.2. The molecule has 0 fully saturated rings. The maximum Gasteiger partial charge on any atom is 0.00454 e. The topological polar surface area (TPSA) is 0 Å². The molecular weight excluding hydrogens is 299 g/mol. The summed E-state index contributed by atoms with van der Waals surface area (Å²) in [7, 11) is 4.37. The fraction of sp³-hybridized carbons (Fsp3) is 0.882. The third-order valence-corrected chi connectivity index (χ3v) is 4.95. The van der Waals surface area contributed by atoms with E-state index in [2.05, 4.69) is 21.4 Å². The van der Waals surface area contributed by atoms with E-state index in [9.17, 15) is 0 Å². The van der Waals surface area contributed by atoms with Gasteiger partial charge in [0.2, 0.25) is 0 Å². The van der Waals surface area contributed by atoms with Crippen LogP contribution < -0.4 is 0 Å². The van der Waals surface area contributed by atoms with Crippen molar-refractivity contribution in [2.75, 3.05) is 11.9 Å². The van der Waals surface area contributed by atoms with Gasteiger partial charge in [0.05, 0.1) is 0 Å². The second-order valence-corrected chi connectivity index (χ2v) is 7.48. The lowest BCUT2D eigenvalue weighted by atomic mass is 10.1. The van der Waals surface area contributed by atoms with Crippen LogP contribution in [0.1, 0.15) is 83.5 Å². The second kappa shape index (κ2) is 19.9. The summed E-state index contributed by atoms with van der Waals surface area (Å²) in [5, 5.41) is 0. The Labute approximate surface area is 139 Å². The third kappa shape index (κ3) is 18.9. The van der Waals surface area contributed by atoms with Gasteiger partial charge >= 0.3 is 0 Å². The zero-order valence-electron chi connectivity index (χ0n) is 13.2. The molecule has 0 aromatic heterocycles. The first-order valence-electron chi connectivity index (χ1n) is 8.51. The van der Waals surface area contributed by atoms with Crippen molar-refractivity contribution in [3.05, 3.63) is 12.2 Å². The summed E-state index contributed by atoms with van der Waals surface area (Å²) < 4.78 is 0. The van der Waals surface area contributed by atoms with Gasteiger partial charge in [-0.25, -0.2) is 0 Å². The molecule has 3 heteroatoms. The van der Waals surface area contributed by atoms with Gasteiger partial charge in [0, 0.05) is 5.75 Å². The van der Waals surface area contributed by atoms with Crippen LogP contribution in [0.3, 0.4) is 0 Å². The van der Waals surface area contributed by atoms with E-state index in [1.54, 1.807) is 10.8 Å². The Kier molecular flexibility index (Phi) is 20.7. The highest BCUT2D eigenvalue weighted by Gasteiger charge is 1.91. The Morgan fingerprint density at radius 1 is 0.650 bits per heavy atom. The van der Waals surface area contributed by atoms with Crippen LogP contribution in [0, 0.1) is 0 Å². The Hall–Kier alpha value is 0.870. The van der Waals surface area contributed by atoms with Crippen molar-refractivity contribution in [2.24, 2.45) is 0 Å². The van der Waals surface area contributed by atoms with Gasteiger partial charge in [0.25, 0.3) is 0 Å². The van der Waals surface area contributed by atoms with Crippen LogP contribution in [0.2, 0.25) is 0 Å².